The molecule has 1 aromatic rings. The van der Waals surface area contributed by atoms with Crippen LogP contribution in [0, 0.1) is 6.92 Å². The van der Waals surface area contributed by atoms with E-state index in [1.165, 1.54) is 0 Å². The molecule has 2 rings (SSSR count). The van der Waals surface area contributed by atoms with Crippen LogP contribution in [0.1, 0.15) is 28.8 Å². The average molecular weight is 342 g/mol. The van der Waals surface area contributed by atoms with Crippen LogP contribution in [-0.2, 0) is 4.79 Å². The SMILES string of the molecule is Cc1ccc(C(=O)N2CCC(O)(C(=O)O)CC2)c(Br)c1. The van der Waals surface area contributed by atoms with Gasteiger partial charge in [0.1, 0.15) is 0 Å². The van der Waals surface area contributed by atoms with Crippen molar-refractivity contribution in [1.29, 1.82) is 0 Å². The number of nitrogens with zero attached hydrogens (tertiary/aromatic N) is 1. The van der Waals surface area contributed by atoms with Crippen LogP contribution in [0.4, 0.5) is 0 Å². The number of benzene rings is 1. The molecule has 0 radical (unpaired) electrons. The molecule has 0 atom stereocenters. The highest BCUT2D eigenvalue weighted by molar-refractivity contribution is 9.10. The molecule has 0 aliphatic carbocycles. The lowest BCUT2D eigenvalue weighted by atomic mass is 9.91. The van der Waals surface area contributed by atoms with Crippen LogP contribution < -0.4 is 0 Å². The fraction of sp³-hybridized carbons (Fsp3) is 0.429. The maximum absolute atomic E-state index is 12.4. The van der Waals surface area contributed by atoms with E-state index in [1.54, 1.807) is 11.0 Å². The minimum Gasteiger partial charge on any atom is -0.479 e. The van der Waals surface area contributed by atoms with Gasteiger partial charge in [-0.3, -0.25) is 4.79 Å². The highest BCUT2D eigenvalue weighted by atomic mass is 79.9. The Morgan fingerprint density at radius 2 is 1.90 bits per heavy atom. The first kappa shape index (κ1) is 15.0. The Balaban J connectivity index is 2.11. The van der Waals surface area contributed by atoms with E-state index in [0.717, 1.165) is 10.0 Å². The van der Waals surface area contributed by atoms with Crippen molar-refractivity contribution in [3.8, 4) is 0 Å². The Bertz CT molecular complexity index is 550. The summed E-state index contributed by atoms with van der Waals surface area (Å²) >= 11 is 3.37. The standard InChI is InChI=1S/C14H16BrNO4/c1-9-2-3-10(11(15)8-9)12(17)16-6-4-14(20,5-7-16)13(18)19/h2-3,8,20H,4-7H2,1H3,(H,18,19). The lowest BCUT2D eigenvalue weighted by molar-refractivity contribution is -0.162. The van der Waals surface area contributed by atoms with Crippen molar-refractivity contribution < 1.29 is 19.8 Å². The zero-order valence-corrected chi connectivity index (χ0v) is 12.7. The number of hydrogen-bond acceptors (Lipinski definition) is 3. The molecule has 1 aliphatic rings. The van der Waals surface area contributed by atoms with Gasteiger partial charge in [-0.2, -0.15) is 0 Å². The number of piperidine rings is 1. The van der Waals surface area contributed by atoms with Crippen LogP contribution in [0.15, 0.2) is 22.7 Å². The lowest BCUT2D eigenvalue weighted by Crippen LogP contribution is -2.50. The number of aryl methyl sites for hydroxylation is 1. The van der Waals surface area contributed by atoms with Gasteiger partial charge in [0.25, 0.3) is 5.91 Å². The zero-order valence-electron chi connectivity index (χ0n) is 11.1. The van der Waals surface area contributed by atoms with Crippen LogP contribution in [-0.4, -0.2) is 45.7 Å². The Kier molecular flexibility index (Phi) is 4.15. The van der Waals surface area contributed by atoms with Gasteiger partial charge in [-0.1, -0.05) is 6.07 Å². The molecule has 1 fully saturated rings. The van der Waals surface area contributed by atoms with Crippen molar-refractivity contribution in [2.45, 2.75) is 25.4 Å². The summed E-state index contributed by atoms with van der Waals surface area (Å²) in [5, 5.41) is 18.8. The van der Waals surface area contributed by atoms with E-state index in [2.05, 4.69) is 15.9 Å². The number of aliphatic carboxylic acids is 1. The van der Waals surface area contributed by atoms with E-state index in [4.69, 9.17) is 5.11 Å². The summed E-state index contributed by atoms with van der Waals surface area (Å²) in [5.74, 6) is -1.37. The van der Waals surface area contributed by atoms with Gasteiger partial charge in [0.15, 0.2) is 5.60 Å². The molecule has 0 spiro atoms. The Hall–Kier alpha value is -1.40. The number of aliphatic hydroxyl groups is 1. The molecule has 2 N–H and O–H groups in total. The molecule has 1 amide bonds. The second kappa shape index (κ2) is 5.54. The zero-order chi connectivity index (χ0) is 14.9. The summed E-state index contributed by atoms with van der Waals surface area (Å²) in [7, 11) is 0. The number of carboxylic acid groups (broad SMARTS) is 1. The summed E-state index contributed by atoms with van der Waals surface area (Å²) in [6.45, 7) is 2.41. The number of carbonyl (C=O) groups excluding carboxylic acids is 1. The van der Waals surface area contributed by atoms with Crippen LogP contribution >= 0.6 is 15.9 Å². The minimum atomic E-state index is -1.71. The molecule has 108 valence electrons. The van der Waals surface area contributed by atoms with Gasteiger partial charge in [0.2, 0.25) is 0 Å². The second-order valence-electron chi connectivity index (χ2n) is 5.11. The van der Waals surface area contributed by atoms with Crippen molar-refractivity contribution in [2.75, 3.05) is 13.1 Å². The number of carbonyl (C=O) groups is 2. The summed E-state index contributed by atoms with van der Waals surface area (Å²) < 4.78 is 0.724. The molecule has 20 heavy (non-hydrogen) atoms. The van der Waals surface area contributed by atoms with Crippen molar-refractivity contribution in [2.24, 2.45) is 0 Å². The molecule has 6 heteroatoms. The number of rotatable bonds is 2. The number of likely N-dealkylation sites (tertiary alicyclic amines) is 1. The summed E-state index contributed by atoms with van der Waals surface area (Å²) in [5.41, 5.74) is -0.106. The lowest BCUT2D eigenvalue weighted by Gasteiger charge is -2.35. The van der Waals surface area contributed by atoms with Gasteiger partial charge < -0.3 is 15.1 Å². The van der Waals surface area contributed by atoms with Crippen LogP contribution in [0.25, 0.3) is 0 Å². The molecule has 0 saturated carbocycles. The summed E-state index contributed by atoms with van der Waals surface area (Å²) in [4.78, 5) is 24.9. The van der Waals surface area contributed by atoms with Crippen LogP contribution in [0.3, 0.4) is 0 Å². The number of amides is 1. The maximum Gasteiger partial charge on any atom is 0.335 e. The first-order valence-corrected chi connectivity index (χ1v) is 7.14. The Labute approximate surface area is 125 Å². The number of hydrogen-bond donors (Lipinski definition) is 2. The Morgan fingerprint density at radius 1 is 1.30 bits per heavy atom. The average Bonchev–Trinajstić information content (AvgIpc) is 2.38. The van der Waals surface area contributed by atoms with Crippen molar-refractivity contribution in [3.63, 3.8) is 0 Å². The van der Waals surface area contributed by atoms with Gasteiger partial charge in [0.05, 0.1) is 5.56 Å². The molecule has 0 aromatic heterocycles. The smallest absolute Gasteiger partial charge is 0.335 e. The van der Waals surface area contributed by atoms with E-state index in [1.807, 2.05) is 19.1 Å². The molecule has 0 unspecified atom stereocenters. The predicted octanol–water partition coefficient (Wildman–Crippen LogP) is 1.81. The molecule has 0 bridgehead atoms. The quantitative estimate of drug-likeness (QED) is 0.859. The van der Waals surface area contributed by atoms with E-state index in [0.29, 0.717) is 5.56 Å². The van der Waals surface area contributed by atoms with Gasteiger partial charge in [-0.05, 0) is 40.5 Å². The molecule has 1 aromatic carbocycles. The minimum absolute atomic E-state index is 0.0531. The molecule has 1 aliphatic heterocycles. The topological polar surface area (TPSA) is 77.8 Å². The first-order chi connectivity index (χ1) is 9.33. The predicted molar refractivity (Wildman–Crippen MR) is 76.6 cm³/mol. The molecular formula is C14H16BrNO4. The van der Waals surface area contributed by atoms with Crippen molar-refractivity contribution in [1.82, 2.24) is 4.90 Å². The van der Waals surface area contributed by atoms with E-state index in [9.17, 15) is 14.7 Å². The third-order valence-electron chi connectivity index (χ3n) is 3.63. The number of carboxylic acids is 1. The maximum atomic E-state index is 12.4. The largest absolute Gasteiger partial charge is 0.479 e. The van der Waals surface area contributed by atoms with E-state index < -0.39 is 11.6 Å². The monoisotopic (exact) mass is 341 g/mol. The van der Waals surface area contributed by atoms with Gasteiger partial charge in [0, 0.05) is 30.4 Å². The molecule has 1 saturated heterocycles. The van der Waals surface area contributed by atoms with E-state index >= 15 is 0 Å². The van der Waals surface area contributed by atoms with Crippen molar-refractivity contribution >= 4 is 27.8 Å². The second-order valence-corrected chi connectivity index (χ2v) is 5.97. The van der Waals surface area contributed by atoms with Gasteiger partial charge >= 0.3 is 5.97 Å². The van der Waals surface area contributed by atoms with Crippen LogP contribution in [0.5, 0.6) is 0 Å². The van der Waals surface area contributed by atoms with Crippen molar-refractivity contribution in [3.05, 3.63) is 33.8 Å². The molecule has 1 heterocycles. The normalized spacial score (nSPS) is 17.9. The fourth-order valence-electron chi connectivity index (χ4n) is 2.26. The first-order valence-electron chi connectivity index (χ1n) is 6.35. The molecule has 5 nitrogen and oxygen atoms in total. The highest BCUT2D eigenvalue weighted by Gasteiger charge is 2.40. The number of halogens is 1. The van der Waals surface area contributed by atoms with Crippen LogP contribution in [0.2, 0.25) is 0 Å². The Morgan fingerprint density at radius 3 is 2.40 bits per heavy atom. The highest BCUT2D eigenvalue weighted by Crippen LogP contribution is 2.26. The summed E-state index contributed by atoms with van der Waals surface area (Å²) in [6.07, 6.45) is 0.106. The van der Waals surface area contributed by atoms with Gasteiger partial charge in [-0.25, -0.2) is 4.79 Å². The fourth-order valence-corrected chi connectivity index (χ4v) is 2.92. The third-order valence-corrected chi connectivity index (χ3v) is 4.29. The third kappa shape index (κ3) is 2.86. The summed E-state index contributed by atoms with van der Waals surface area (Å²) in [6, 6.07) is 5.47. The van der Waals surface area contributed by atoms with Gasteiger partial charge in [-0.15, -0.1) is 0 Å². The van der Waals surface area contributed by atoms with E-state index in [-0.39, 0.29) is 31.8 Å². The molecular weight excluding hydrogens is 326 g/mol.